The fourth-order valence-electron chi connectivity index (χ4n) is 5.58. The lowest BCUT2D eigenvalue weighted by molar-refractivity contribution is 0.0521. The first-order chi connectivity index (χ1) is 18.9. The average Bonchev–Trinajstić information content (AvgIpc) is 3.57. The number of nitrogens with zero attached hydrogens (tertiary/aromatic N) is 4. The van der Waals surface area contributed by atoms with Gasteiger partial charge in [0.15, 0.2) is 0 Å². The number of rotatable bonds is 6. The third kappa shape index (κ3) is 5.05. The molecule has 204 valence electrons. The van der Waals surface area contributed by atoms with E-state index in [-0.39, 0.29) is 41.0 Å². The topological polar surface area (TPSA) is 120 Å². The van der Waals surface area contributed by atoms with E-state index in [1.54, 1.807) is 30.7 Å². The summed E-state index contributed by atoms with van der Waals surface area (Å²) in [7, 11) is 0. The van der Waals surface area contributed by atoms with Crippen LogP contribution in [-0.4, -0.2) is 56.2 Å². The van der Waals surface area contributed by atoms with Crippen LogP contribution in [0.3, 0.4) is 0 Å². The maximum atomic E-state index is 15.1. The summed E-state index contributed by atoms with van der Waals surface area (Å²) >= 11 is 0. The van der Waals surface area contributed by atoms with Crippen molar-refractivity contribution >= 4 is 17.2 Å². The second-order valence-electron chi connectivity index (χ2n) is 10.4. The van der Waals surface area contributed by atoms with Crippen LogP contribution >= 0.6 is 0 Å². The molecule has 0 amide bonds. The lowest BCUT2D eigenvalue weighted by Crippen LogP contribution is -2.44. The number of imidazole rings is 1. The number of anilines is 2. The number of halogens is 2. The monoisotopic (exact) mass is 536 g/mol. The van der Waals surface area contributed by atoms with Crippen LogP contribution in [0.5, 0.6) is 5.75 Å². The van der Waals surface area contributed by atoms with Crippen molar-refractivity contribution in [3.05, 3.63) is 66.1 Å². The summed E-state index contributed by atoms with van der Waals surface area (Å²) in [5, 5.41) is 18.1. The first-order valence-electron chi connectivity index (χ1n) is 13.1. The van der Waals surface area contributed by atoms with E-state index in [2.05, 4.69) is 20.4 Å². The predicted molar refractivity (Wildman–Crippen MR) is 141 cm³/mol. The van der Waals surface area contributed by atoms with E-state index in [9.17, 15) is 5.11 Å². The fourth-order valence-corrected chi connectivity index (χ4v) is 5.58. The molecule has 0 bridgehead atoms. The average molecular weight is 537 g/mol. The van der Waals surface area contributed by atoms with Gasteiger partial charge in [0.1, 0.15) is 23.5 Å². The molecule has 6 rings (SSSR count). The van der Waals surface area contributed by atoms with Crippen LogP contribution in [0.4, 0.5) is 20.4 Å². The largest absolute Gasteiger partial charge is 0.488 e. The van der Waals surface area contributed by atoms with Crippen LogP contribution in [0.25, 0.3) is 16.8 Å². The van der Waals surface area contributed by atoms with E-state index >= 15 is 8.78 Å². The number of benzene rings is 1. The number of nitrogens with one attached hydrogen (secondary N) is 1. The first kappa shape index (κ1) is 25.6. The van der Waals surface area contributed by atoms with Crippen LogP contribution in [0.2, 0.25) is 0 Å². The Balaban J connectivity index is 1.30. The molecule has 1 aliphatic heterocycles. The molecule has 1 saturated carbocycles. The summed E-state index contributed by atoms with van der Waals surface area (Å²) in [6.45, 7) is 2.96. The molecule has 1 unspecified atom stereocenters. The minimum atomic E-state index is -0.773. The van der Waals surface area contributed by atoms with Crippen LogP contribution < -0.4 is 15.8 Å². The van der Waals surface area contributed by atoms with Gasteiger partial charge in [-0.1, -0.05) is 6.92 Å². The number of hydrogen-bond acceptors (Lipinski definition) is 8. The van der Waals surface area contributed by atoms with E-state index < -0.39 is 17.7 Å². The molecule has 2 fully saturated rings. The highest BCUT2D eigenvalue weighted by Crippen LogP contribution is 2.39. The quantitative estimate of drug-likeness (QED) is 0.336. The maximum absolute atomic E-state index is 15.1. The Morgan fingerprint density at radius 1 is 1.15 bits per heavy atom. The van der Waals surface area contributed by atoms with Crippen molar-refractivity contribution in [1.29, 1.82) is 0 Å². The van der Waals surface area contributed by atoms with Gasteiger partial charge >= 0.3 is 0 Å². The molecule has 1 aliphatic carbocycles. The van der Waals surface area contributed by atoms with E-state index in [4.69, 9.17) is 15.2 Å². The Bertz CT molecular complexity index is 1460. The first-order valence-corrected chi connectivity index (χ1v) is 13.1. The highest BCUT2D eigenvalue weighted by Gasteiger charge is 2.34. The molecule has 11 heteroatoms. The smallest absolute Gasteiger partial charge is 0.229 e. The number of aliphatic hydroxyl groups excluding tert-OH is 1. The molecule has 4 N–H and O–H groups in total. The Hall–Kier alpha value is -3.67. The zero-order valence-electron chi connectivity index (χ0n) is 21.4. The van der Waals surface area contributed by atoms with E-state index in [0.717, 1.165) is 17.7 Å². The lowest BCUT2D eigenvalue weighted by Gasteiger charge is -2.36. The van der Waals surface area contributed by atoms with Gasteiger partial charge in [0, 0.05) is 30.8 Å². The molecule has 4 heterocycles. The minimum Gasteiger partial charge on any atom is -0.488 e. The molecular weight excluding hydrogens is 506 g/mol. The van der Waals surface area contributed by atoms with Crippen molar-refractivity contribution in [3.63, 3.8) is 0 Å². The number of aromatic nitrogens is 4. The zero-order chi connectivity index (χ0) is 27.1. The molecule has 1 aromatic carbocycles. The summed E-state index contributed by atoms with van der Waals surface area (Å²) < 4.78 is 42.7. The molecular formula is C28H30F2N6O3. The van der Waals surface area contributed by atoms with Gasteiger partial charge in [-0.2, -0.15) is 9.61 Å². The van der Waals surface area contributed by atoms with Gasteiger partial charge in [0.2, 0.25) is 5.95 Å². The summed E-state index contributed by atoms with van der Waals surface area (Å²) in [6.07, 6.45) is 6.39. The van der Waals surface area contributed by atoms with Crippen LogP contribution in [-0.2, 0) is 4.74 Å². The molecule has 9 nitrogen and oxygen atoms in total. The van der Waals surface area contributed by atoms with Crippen molar-refractivity contribution in [1.82, 2.24) is 19.6 Å². The van der Waals surface area contributed by atoms with Crippen LogP contribution in [0, 0.1) is 17.6 Å². The third-order valence-electron chi connectivity index (χ3n) is 7.62. The van der Waals surface area contributed by atoms with Gasteiger partial charge in [-0.15, -0.1) is 0 Å². The Morgan fingerprint density at radius 3 is 2.72 bits per heavy atom. The second-order valence-corrected chi connectivity index (χ2v) is 10.4. The molecule has 3 aromatic heterocycles. The highest BCUT2D eigenvalue weighted by atomic mass is 19.1. The van der Waals surface area contributed by atoms with E-state index in [1.807, 2.05) is 13.0 Å². The zero-order valence-corrected chi connectivity index (χ0v) is 21.4. The normalized spacial score (nSPS) is 25.2. The summed E-state index contributed by atoms with van der Waals surface area (Å²) in [6, 6.07) is 7.22. The molecule has 4 aromatic rings. The van der Waals surface area contributed by atoms with E-state index in [0.29, 0.717) is 37.5 Å². The Morgan fingerprint density at radius 2 is 1.97 bits per heavy atom. The van der Waals surface area contributed by atoms with Crippen molar-refractivity contribution in [2.24, 2.45) is 11.7 Å². The van der Waals surface area contributed by atoms with Crippen molar-refractivity contribution in [2.45, 2.75) is 50.4 Å². The predicted octanol–water partition coefficient (Wildman–Crippen LogP) is 4.18. The third-order valence-corrected chi connectivity index (χ3v) is 7.62. The summed E-state index contributed by atoms with van der Waals surface area (Å²) in [5.74, 6) is -0.877. The van der Waals surface area contributed by atoms with Crippen LogP contribution in [0.1, 0.15) is 37.7 Å². The Labute approximate surface area is 224 Å². The number of nitrogens with two attached hydrogens (primary N) is 1. The highest BCUT2D eigenvalue weighted by molar-refractivity contribution is 5.66. The maximum Gasteiger partial charge on any atom is 0.229 e. The molecule has 0 spiro atoms. The number of fused-ring (bicyclic) bond motifs is 1. The molecule has 5 atom stereocenters. The van der Waals surface area contributed by atoms with Crippen LogP contribution in [0.15, 0.2) is 48.9 Å². The summed E-state index contributed by atoms with van der Waals surface area (Å²) in [5.41, 5.74) is 8.46. The number of pyridine rings is 1. The molecule has 0 radical (unpaired) electrons. The van der Waals surface area contributed by atoms with E-state index in [1.165, 1.54) is 16.6 Å². The SMILES string of the molecule is C[C@H]1C[C@@H](c2ccncc2Nc2ncc3ccc(-c4c(F)cc(OC5CCOC5)cc4F)nn23)C[C@@H](N)[C@@H]1O. The van der Waals surface area contributed by atoms with Crippen molar-refractivity contribution in [3.8, 4) is 17.0 Å². The van der Waals surface area contributed by atoms with Gasteiger partial charge in [0.05, 0.1) is 54.2 Å². The fraction of sp³-hybridized carbons (Fsp3) is 0.393. The van der Waals surface area contributed by atoms with Crippen molar-refractivity contribution < 1.29 is 23.4 Å². The van der Waals surface area contributed by atoms with Gasteiger partial charge in [0.25, 0.3) is 0 Å². The Kier molecular flexibility index (Phi) is 6.88. The van der Waals surface area contributed by atoms with Gasteiger partial charge in [-0.3, -0.25) is 4.98 Å². The van der Waals surface area contributed by atoms with Crippen molar-refractivity contribution in [2.75, 3.05) is 18.5 Å². The number of ether oxygens (including phenoxy) is 2. The lowest BCUT2D eigenvalue weighted by atomic mass is 9.74. The van der Waals surface area contributed by atoms with Gasteiger partial charge in [-0.05, 0) is 48.4 Å². The van der Waals surface area contributed by atoms with Gasteiger partial charge < -0.3 is 25.6 Å². The molecule has 39 heavy (non-hydrogen) atoms. The standard InChI is InChI=1S/C28H30F2N6O3/c1-15-8-16(9-23(31)27(15)37)20-4-6-32-13-25(20)34-28-33-12-17-2-3-24(35-36(17)28)26-21(29)10-19(11-22(26)30)39-18-5-7-38-14-18/h2-4,6,10-13,15-16,18,23,27,37H,5,7-9,14,31H2,1H3,(H,33,34)/t15-,16+,18?,23+,27+/m0/s1. The van der Waals surface area contributed by atoms with Gasteiger partial charge in [-0.25, -0.2) is 13.8 Å². The number of aliphatic hydroxyl groups is 1. The summed E-state index contributed by atoms with van der Waals surface area (Å²) in [4.78, 5) is 8.71. The second kappa shape index (κ2) is 10.5. The molecule has 2 aliphatic rings. The number of hydrogen-bond donors (Lipinski definition) is 3. The minimum absolute atomic E-state index is 0.0596. The molecule has 1 saturated heterocycles.